The van der Waals surface area contributed by atoms with Crippen LogP contribution in [0, 0.1) is 5.92 Å². The SMILES string of the molecule is CC(C)(O)[C@H](C1CC1)N1Cc2cccc(NC(=O)c3cccc4c3CCC4)c2C1=O. The summed E-state index contributed by atoms with van der Waals surface area (Å²) in [6.45, 7) is 4.04. The lowest BCUT2D eigenvalue weighted by Gasteiger charge is -2.37. The number of hydrogen-bond acceptors (Lipinski definition) is 3. The van der Waals surface area contributed by atoms with Crippen LogP contribution in [-0.2, 0) is 19.4 Å². The van der Waals surface area contributed by atoms with E-state index in [1.807, 2.05) is 24.3 Å². The smallest absolute Gasteiger partial charge is 0.256 e. The quantitative estimate of drug-likeness (QED) is 0.793. The second-order valence-electron chi connectivity index (χ2n) is 9.46. The topological polar surface area (TPSA) is 69.6 Å². The molecule has 0 spiro atoms. The number of nitrogens with zero attached hydrogens (tertiary/aromatic N) is 1. The number of carbonyl (C=O) groups is 2. The van der Waals surface area contributed by atoms with E-state index in [-0.39, 0.29) is 17.9 Å². The molecule has 0 unspecified atom stereocenters. The highest BCUT2D eigenvalue weighted by Gasteiger charge is 2.48. The highest BCUT2D eigenvalue weighted by atomic mass is 16.3. The van der Waals surface area contributed by atoms with Crippen molar-refractivity contribution in [1.29, 1.82) is 0 Å². The van der Waals surface area contributed by atoms with Gasteiger partial charge >= 0.3 is 0 Å². The van der Waals surface area contributed by atoms with Gasteiger partial charge in [0.25, 0.3) is 11.8 Å². The maximum Gasteiger partial charge on any atom is 0.256 e. The first-order valence-corrected chi connectivity index (χ1v) is 10.9. The second kappa shape index (κ2) is 6.95. The Balaban J connectivity index is 1.44. The Kier molecular flexibility index (Phi) is 4.47. The number of hydrogen-bond donors (Lipinski definition) is 2. The van der Waals surface area contributed by atoms with Crippen molar-refractivity contribution in [2.24, 2.45) is 5.92 Å². The Morgan fingerprint density at radius 1 is 1.13 bits per heavy atom. The van der Waals surface area contributed by atoms with Crippen LogP contribution < -0.4 is 5.32 Å². The minimum atomic E-state index is -0.965. The van der Waals surface area contributed by atoms with Crippen molar-refractivity contribution in [2.75, 3.05) is 5.32 Å². The van der Waals surface area contributed by atoms with Crippen LogP contribution in [0.2, 0.25) is 0 Å². The molecule has 156 valence electrons. The Bertz CT molecular complexity index is 1030. The van der Waals surface area contributed by atoms with E-state index in [0.717, 1.165) is 43.2 Å². The maximum absolute atomic E-state index is 13.4. The Hall–Kier alpha value is -2.66. The lowest BCUT2D eigenvalue weighted by Crippen LogP contribution is -2.51. The molecule has 1 heterocycles. The average Bonchev–Trinajstić information content (AvgIpc) is 3.29. The number of anilines is 1. The van der Waals surface area contributed by atoms with Crippen LogP contribution in [0.4, 0.5) is 5.69 Å². The lowest BCUT2D eigenvalue weighted by molar-refractivity contribution is -0.0224. The second-order valence-corrected chi connectivity index (χ2v) is 9.46. The van der Waals surface area contributed by atoms with Crippen LogP contribution >= 0.6 is 0 Å². The predicted molar refractivity (Wildman–Crippen MR) is 116 cm³/mol. The third kappa shape index (κ3) is 3.21. The van der Waals surface area contributed by atoms with Gasteiger partial charge in [-0.2, -0.15) is 0 Å². The van der Waals surface area contributed by atoms with E-state index in [2.05, 4.69) is 11.4 Å². The third-order valence-corrected chi connectivity index (χ3v) is 6.73. The maximum atomic E-state index is 13.4. The summed E-state index contributed by atoms with van der Waals surface area (Å²) in [5.41, 5.74) is 4.15. The predicted octanol–water partition coefficient (Wildman–Crippen LogP) is 3.93. The van der Waals surface area contributed by atoms with Crippen molar-refractivity contribution in [3.8, 4) is 0 Å². The molecule has 5 nitrogen and oxygen atoms in total. The first kappa shape index (κ1) is 19.3. The van der Waals surface area contributed by atoms with E-state index in [0.29, 0.717) is 29.3 Å². The zero-order chi connectivity index (χ0) is 21.0. The highest BCUT2D eigenvalue weighted by molar-refractivity contribution is 6.11. The summed E-state index contributed by atoms with van der Waals surface area (Å²) in [6.07, 6.45) is 5.10. The molecule has 30 heavy (non-hydrogen) atoms. The molecular formula is C25H28N2O3. The van der Waals surface area contributed by atoms with E-state index in [4.69, 9.17) is 0 Å². The first-order chi connectivity index (χ1) is 14.3. The van der Waals surface area contributed by atoms with E-state index in [1.165, 1.54) is 5.56 Å². The molecule has 0 aromatic heterocycles. The monoisotopic (exact) mass is 404 g/mol. The van der Waals surface area contributed by atoms with E-state index in [9.17, 15) is 14.7 Å². The van der Waals surface area contributed by atoms with E-state index in [1.54, 1.807) is 24.8 Å². The van der Waals surface area contributed by atoms with Gasteiger partial charge in [-0.25, -0.2) is 0 Å². The van der Waals surface area contributed by atoms with Gasteiger partial charge in [0.1, 0.15) is 0 Å². The molecule has 5 heteroatoms. The summed E-state index contributed by atoms with van der Waals surface area (Å²) in [7, 11) is 0. The highest BCUT2D eigenvalue weighted by Crippen LogP contribution is 2.43. The minimum Gasteiger partial charge on any atom is -0.388 e. The van der Waals surface area contributed by atoms with Gasteiger partial charge in [0, 0.05) is 12.1 Å². The number of amides is 2. The average molecular weight is 405 g/mol. The van der Waals surface area contributed by atoms with Crippen molar-refractivity contribution >= 4 is 17.5 Å². The van der Waals surface area contributed by atoms with Gasteiger partial charge in [-0.15, -0.1) is 0 Å². The zero-order valence-corrected chi connectivity index (χ0v) is 17.6. The minimum absolute atomic E-state index is 0.0989. The zero-order valence-electron chi connectivity index (χ0n) is 17.6. The first-order valence-electron chi connectivity index (χ1n) is 10.9. The lowest BCUT2D eigenvalue weighted by atomic mass is 9.93. The van der Waals surface area contributed by atoms with E-state index < -0.39 is 5.60 Å². The van der Waals surface area contributed by atoms with Gasteiger partial charge in [-0.05, 0) is 80.7 Å². The molecule has 1 atom stereocenters. The molecule has 2 amide bonds. The van der Waals surface area contributed by atoms with Gasteiger partial charge < -0.3 is 15.3 Å². The number of aliphatic hydroxyl groups is 1. The van der Waals surface area contributed by atoms with Crippen LogP contribution in [0.15, 0.2) is 36.4 Å². The van der Waals surface area contributed by atoms with Crippen molar-refractivity contribution in [2.45, 2.75) is 64.1 Å². The molecule has 2 aliphatic carbocycles. The number of carbonyl (C=O) groups excluding carboxylic acids is 2. The van der Waals surface area contributed by atoms with Gasteiger partial charge in [0.15, 0.2) is 0 Å². The molecule has 3 aliphatic rings. The number of rotatable bonds is 5. The number of nitrogens with one attached hydrogen (secondary N) is 1. The largest absolute Gasteiger partial charge is 0.388 e. The summed E-state index contributed by atoms with van der Waals surface area (Å²) >= 11 is 0. The van der Waals surface area contributed by atoms with Crippen LogP contribution in [0.3, 0.4) is 0 Å². The van der Waals surface area contributed by atoms with Crippen molar-refractivity contribution in [1.82, 2.24) is 4.90 Å². The van der Waals surface area contributed by atoms with Crippen LogP contribution in [0.5, 0.6) is 0 Å². The van der Waals surface area contributed by atoms with Gasteiger partial charge in [0.2, 0.25) is 0 Å². The van der Waals surface area contributed by atoms with E-state index >= 15 is 0 Å². The van der Waals surface area contributed by atoms with Crippen molar-refractivity contribution < 1.29 is 14.7 Å². The summed E-state index contributed by atoms with van der Waals surface area (Å²) in [5.74, 6) is 0.0843. The molecule has 5 rings (SSSR count). The van der Waals surface area contributed by atoms with Crippen molar-refractivity contribution in [3.63, 3.8) is 0 Å². The van der Waals surface area contributed by atoms with Crippen LogP contribution in [0.25, 0.3) is 0 Å². The molecule has 1 aliphatic heterocycles. The van der Waals surface area contributed by atoms with Crippen molar-refractivity contribution in [3.05, 3.63) is 64.2 Å². The van der Waals surface area contributed by atoms with Gasteiger partial charge in [0.05, 0.1) is 22.9 Å². The van der Waals surface area contributed by atoms with Gasteiger partial charge in [-0.1, -0.05) is 24.3 Å². The number of fused-ring (bicyclic) bond motifs is 2. The molecular weight excluding hydrogens is 376 g/mol. The molecule has 0 radical (unpaired) electrons. The van der Waals surface area contributed by atoms with Gasteiger partial charge in [-0.3, -0.25) is 9.59 Å². The summed E-state index contributed by atoms with van der Waals surface area (Å²) in [6, 6.07) is 11.3. The Labute approximate surface area is 177 Å². The number of aryl methyl sites for hydroxylation is 1. The normalized spacial score (nSPS) is 18.9. The molecule has 0 saturated heterocycles. The third-order valence-electron chi connectivity index (χ3n) is 6.73. The van der Waals surface area contributed by atoms with Crippen LogP contribution in [0.1, 0.15) is 70.5 Å². The molecule has 0 bridgehead atoms. The molecule has 2 aromatic rings. The Morgan fingerprint density at radius 3 is 2.60 bits per heavy atom. The summed E-state index contributed by atoms with van der Waals surface area (Å²) in [4.78, 5) is 28.3. The number of benzene rings is 2. The van der Waals surface area contributed by atoms with Crippen LogP contribution in [-0.4, -0.2) is 33.5 Å². The fourth-order valence-corrected chi connectivity index (χ4v) is 5.36. The molecule has 1 saturated carbocycles. The summed E-state index contributed by atoms with van der Waals surface area (Å²) < 4.78 is 0. The summed E-state index contributed by atoms with van der Waals surface area (Å²) in [5, 5.41) is 13.7. The fourth-order valence-electron chi connectivity index (χ4n) is 5.36. The fraction of sp³-hybridized carbons (Fsp3) is 0.440. The Morgan fingerprint density at radius 2 is 1.87 bits per heavy atom. The standard InChI is InChI=1S/C25H28N2O3/c1-25(2,30)22(16-12-13-16)27-14-17-8-5-11-20(21(17)24(27)29)26-23(28)19-10-4-7-15-6-3-9-18(15)19/h4-5,7-8,10-11,16,22,30H,3,6,9,12-14H2,1-2H3,(H,26,28)/t22-/m0/s1. The molecule has 1 fully saturated rings. The molecule has 2 N–H and O–H groups in total. The molecule has 2 aromatic carbocycles.